The molecule has 0 radical (unpaired) electrons. The van der Waals surface area contributed by atoms with E-state index in [1.165, 1.54) is 18.3 Å². The molecule has 0 fully saturated rings. The number of aliphatic hydroxyl groups is 1. The number of alkyl halides is 3. The molecule has 6 heteroatoms. The second kappa shape index (κ2) is 5.19. The summed E-state index contributed by atoms with van der Waals surface area (Å²) in [7, 11) is 0. The van der Waals surface area contributed by atoms with Gasteiger partial charge in [0.15, 0.2) is 0 Å². The van der Waals surface area contributed by atoms with Crippen LogP contribution in [0.15, 0.2) is 36.5 Å². The standard InChI is InChI=1S/C13H9ClF3NO/c14-12-10(7-19)4-9(6-18-12)8-2-1-3-11(5-8)13(15,16)17/h1-6,19H,7H2. The Labute approximate surface area is 112 Å². The summed E-state index contributed by atoms with van der Waals surface area (Å²) in [5.41, 5.74) is 0.482. The van der Waals surface area contributed by atoms with Gasteiger partial charge in [-0.2, -0.15) is 13.2 Å². The predicted octanol–water partition coefficient (Wildman–Crippen LogP) is 3.91. The van der Waals surface area contributed by atoms with Crippen LogP contribution in [0.5, 0.6) is 0 Å². The summed E-state index contributed by atoms with van der Waals surface area (Å²) in [5.74, 6) is 0. The minimum Gasteiger partial charge on any atom is -0.392 e. The van der Waals surface area contributed by atoms with Crippen molar-refractivity contribution >= 4 is 11.6 Å². The first kappa shape index (κ1) is 13.8. The van der Waals surface area contributed by atoms with Crippen molar-refractivity contribution in [3.8, 4) is 11.1 Å². The summed E-state index contributed by atoms with van der Waals surface area (Å²) in [4.78, 5) is 3.84. The molecule has 1 heterocycles. The fourth-order valence-corrected chi connectivity index (χ4v) is 1.80. The van der Waals surface area contributed by atoms with Crippen molar-refractivity contribution in [2.75, 3.05) is 0 Å². The summed E-state index contributed by atoms with van der Waals surface area (Å²) in [5, 5.41) is 9.21. The Hall–Kier alpha value is -1.59. The van der Waals surface area contributed by atoms with Crippen LogP contribution in [-0.4, -0.2) is 10.1 Å². The van der Waals surface area contributed by atoms with Crippen LogP contribution in [0.4, 0.5) is 13.2 Å². The number of aromatic nitrogens is 1. The third-order valence-electron chi connectivity index (χ3n) is 2.61. The molecule has 0 spiro atoms. The largest absolute Gasteiger partial charge is 0.416 e. The first-order valence-electron chi connectivity index (χ1n) is 5.34. The molecule has 0 atom stereocenters. The van der Waals surface area contributed by atoms with Crippen molar-refractivity contribution in [1.82, 2.24) is 4.98 Å². The molecule has 2 rings (SSSR count). The van der Waals surface area contributed by atoms with Gasteiger partial charge in [0.1, 0.15) is 5.15 Å². The maximum Gasteiger partial charge on any atom is 0.416 e. The number of hydrogen-bond donors (Lipinski definition) is 1. The number of aliphatic hydroxyl groups excluding tert-OH is 1. The molecule has 1 aromatic heterocycles. The van der Waals surface area contributed by atoms with E-state index < -0.39 is 11.7 Å². The highest BCUT2D eigenvalue weighted by atomic mass is 35.5. The predicted molar refractivity (Wildman–Crippen MR) is 65.6 cm³/mol. The molecule has 19 heavy (non-hydrogen) atoms. The van der Waals surface area contributed by atoms with Crippen LogP contribution < -0.4 is 0 Å². The average molecular weight is 288 g/mol. The van der Waals surface area contributed by atoms with E-state index in [4.69, 9.17) is 16.7 Å². The maximum atomic E-state index is 12.6. The zero-order chi connectivity index (χ0) is 14.0. The molecule has 0 bridgehead atoms. The quantitative estimate of drug-likeness (QED) is 0.850. The van der Waals surface area contributed by atoms with Gasteiger partial charge in [-0.1, -0.05) is 23.7 Å². The highest BCUT2D eigenvalue weighted by Gasteiger charge is 2.30. The molecule has 0 aliphatic rings. The molecular weight excluding hydrogens is 279 g/mol. The molecule has 1 N–H and O–H groups in total. The summed E-state index contributed by atoms with van der Waals surface area (Å²) in [6, 6.07) is 6.42. The van der Waals surface area contributed by atoms with E-state index in [0.717, 1.165) is 12.1 Å². The number of benzene rings is 1. The van der Waals surface area contributed by atoms with Gasteiger partial charge < -0.3 is 5.11 Å². The molecule has 0 saturated carbocycles. The molecule has 1 aromatic carbocycles. The first-order chi connectivity index (χ1) is 8.91. The van der Waals surface area contributed by atoms with Gasteiger partial charge in [0.05, 0.1) is 12.2 Å². The molecule has 2 aromatic rings. The Morgan fingerprint density at radius 2 is 1.89 bits per heavy atom. The lowest BCUT2D eigenvalue weighted by atomic mass is 10.0. The van der Waals surface area contributed by atoms with Gasteiger partial charge in [0.25, 0.3) is 0 Å². The molecule has 100 valence electrons. The minimum absolute atomic E-state index is 0.137. The van der Waals surface area contributed by atoms with Crippen LogP contribution in [0, 0.1) is 0 Å². The molecule has 0 unspecified atom stereocenters. The van der Waals surface area contributed by atoms with Crippen LogP contribution in [-0.2, 0) is 12.8 Å². The van der Waals surface area contributed by atoms with Crippen LogP contribution in [0.1, 0.15) is 11.1 Å². The highest BCUT2D eigenvalue weighted by Crippen LogP contribution is 2.32. The Kier molecular flexibility index (Phi) is 3.78. The van der Waals surface area contributed by atoms with Crippen molar-refractivity contribution in [2.45, 2.75) is 12.8 Å². The van der Waals surface area contributed by atoms with Crippen LogP contribution in [0.25, 0.3) is 11.1 Å². The van der Waals surface area contributed by atoms with Gasteiger partial charge >= 0.3 is 6.18 Å². The zero-order valence-corrected chi connectivity index (χ0v) is 10.3. The van der Waals surface area contributed by atoms with Crippen molar-refractivity contribution < 1.29 is 18.3 Å². The minimum atomic E-state index is -4.39. The summed E-state index contributed by atoms with van der Waals surface area (Å²) < 4.78 is 37.8. The second-order valence-electron chi connectivity index (χ2n) is 3.91. The summed E-state index contributed by atoms with van der Waals surface area (Å²) >= 11 is 5.74. The molecule has 0 aliphatic heterocycles. The van der Waals surface area contributed by atoms with Crippen molar-refractivity contribution in [3.05, 3.63) is 52.8 Å². The maximum absolute atomic E-state index is 12.6. The van der Waals surface area contributed by atoms with Crippen LogP contribution >= 0.6 is 11.6 Å². The lowest BCUT2D eigenvalue weighted by Crippen LogP contribution is -2.04. The van der Waals surface area contributed by atoms with E-state index in [9.17, 15) is 13.2 Å². The Morgan fingerprint density at radius 1 is 1.16 bits per heavy atom. The smallest absolute Gasteiger partial charge is 0.392 e. The third kappa shape index (κ3) is 3.05. The van der Waals surface area contributed by atoms with E-state index in [0.29, 0.717) is 16.7 Å². The molecular formula is C13H9ClF3NO. The lowest BCUT2D eigenvalue weighted by Gasteiger charge is -2.09. The SMILES string of the molecule is OCc1cc(-c2cccc(C(F)(F)F)c2)cnc1Cl. The second-order valence-corrected chi connectivity index (χ2v) is 4.27. The number of hydrogen-bond acceptors (Lipinski definition) is 2. The van der Waals surface area contributed by atoms with Crippen LogP contribution in [0.2, 0.25) is 5.15 Å². The first-order valence-corrected chi connectivity index (χ1v) is 5.72. The van der Waals surface area contributed by atoms with Crippen LogP contribution in [0.3, 0.4) is 0 Å². The van der Waals surface area contributed by atoms with E-state index in [1.54, 1.807) is 6.07 Å². The Morgan fingerprint density at radius 3 is 2.53 bits per heavy atom. The van der Waals surface area contributed by atoms with Crippen molar-refractivity contribution in [1.29, 1.82) is 0 Å². The van der Waals surface area contributed by atoms with Gasteiger partial charge in [-0.3, -0.25) is 0 Å². The average Bonchev–Trinajstić information content (AvgIpc) is 2.38. The molecule has 2 nitrogen and oxygen atoms in total. The van der Waals surface area contributed by atoms with Gasteiger partial charge in [0.2, 0.25) is 0 Å². The molecule has 0 amide bonds. The van der Waals surface area contributed by atoms with E-state index >= 15 is 0 Å². The number of pyridine rings is 1. The molecule has 0 saturated heterocycles. The Balaban J connectivity index is 2.47. The highest BCUT2D eigenvalue weighted by molar-refractivity contribution is 6.30. The number of nitrogens with zero attached hydrogens (tertiary/aromatic N) is 1. The van der Waals surface area contributed by atoms with E-state index in [-0.39, 0.29) is 11.8 Å². The third-order valence-corrected chi connectivity index (χ3v) is 2.95. The fourth-order valence-electron chi connectivity index (χ4n) is 1.64. The van der Waals surface area contributed by atoms with Gasteiger partial charge in [0, 0.05) is 17.3 Å². The van der Waals surface area contributed by atoms with Crippen molar-refractivity contribution in [3.63, 3.8) is 0 Å². The summed E-state index contributed by atoms with van der Waals surface area (Å²) in [6.07, 6.45) is -3.02. The van der Waals surface area contributed by atoms with Gasteiger partial charge in [-0.05, 0) is 23.8 Å². The number of halogens is 4. The van der Waals surface area contributed by atoms with E-state index in [2.05, 4.69) is 4.98 Å². The van der Waals surface area contributed by atoms with Crippen molar-refractivity contribution in [2.24, 2.45) is 0 Å². The number of rotatable bonds is 2. The monoisotopic (exact) mass is 287 g/mol. The topological polar surface area (TPSA) is 33.1 Å². The van der Waals surface area contributed by atoms with Gasteiger partial charge in [-0.15, -0.1) is 0 Å². The lowest BCUT2D eigenvalue weighted by molar-refractivity contribution is -0.137. The normalized spacial score (nSPS) is 11.6. The van der Waals surface area contributed by atoms with E-state index in [1.807, 2.05) is 0 Å². The zero-order valence-electron chi connectivity index (χ0n) is 9.58. The molecule has 0 aliphatic carbocycles. The summed E-state index contributed by atoms with van der Waals surface area (Å²) in [6.45, 7) is -0.321. The Bertz CT molecular complexity index is 599. The van der Waals surface area contributed by atoms with Gasteiger partial charge in [-0.25, -0.2) is 4.98 Å². The fraction of sp³-hybridized carbons (Fsp3) is 0.154.